The zero-order chi connectivity index (χ0) is 10.1. The SMILES string of the molecule is Fc1ccc(SC(F)F)c2c1COC2. The smallest absolute Gasteiger partial charge is 0.288 e. The maximum absolute atomic E-state index is 13.1. The Morgan fingerprint density at radius 1 is 1.21 bits per heavy atom. The Hall–Kier alpha value is -0.680. The van der Waals surface area contributed by atoms with E-state index in [1.54, 1.807) is 0 Å². The van der Waals surface area contributed by atoms with E-state index in [9.17, 15) is 13.2 Å². The molecule has 0 aliphatic carbocycles. The second kappa shape index (κ2) is 3.82. The predicted octanol–water partition coefficient (Wildman–Crippen LogP) is 3.17. The normalized spacial score (nSPS) is 14.9. The highest BCUT2D eigenvalue weighted by molar-refractivity contribution is 7.99. The number of thioether (sulfide) groups is 1. The van der Waals surface area contributed by atoms with Crippen LogP contribution in [0.3, 0.4) is 0 Å². The molecule has 1 aromatic carbocycles. The van der Waals surface area contributed by atoms with Crippen molar-refractivity contribution in [3.05, 3.63) is 29.1 Å². The van der Waals surface area contributed by atoms with Crippen molar-refractivity contribution in [3.8, 4) is 0 Å². The summed E-state index contributed by atoms with van der Waals surface area (Å²) in [6.45, 7) is 0.404. The second-order valence-corrected chi connectivity index (χ2v) is 3.91. The molecule has 0 saturated carbocycles. The van der Waals surface area contributed by atoms with Crippen molar-refractivity contribution in [2.24, 2.45) is 0 Å². The molecule has 5 heteroatoms. The van der Waals surface area contributed by atoms with Gasteiger partial charge in [-0.2, -0.15) is 8.78 Å². The van der Waals surface area contributed by atoms with Crippen LogP contribution in [-0.4, -0.2) is 5.76 Å². The topological polar surface area (TPSA) is 9.23 Å². The minimum Gasteiger partial charge on any atom is -0.372 e. The molecule has 0 bridgehead atoms. The van der Waals surface area contributed by atoms with Crippen LogP contribution in [0.25, 0.3) is 0 Å². The van der Waals surface area contributed by atoms with Gasteiger partial charge in [0, 0.05) is 10.5 Å². The number of benzene rings is 1. The van der Waals surface area contributed by atoms with Gasteiger partial charge in [-0.25, -0.2) is 4.39 Å². The first-order valence-electron chi connectivity index (χ1n) is 4.01. The first-order chi connectivity index (χ1) is 6.68. The van der Waals surface area contributed by atoms with Gasteiger partial charge in [-0.3, -0.25) is 0 Å². The molecule has 14 heavy (non-hydrogen) atoms. The van der Waals surface area contributed by atoms with Crippen LogP contribution in [0.4, 0.5) is 13.2 Å². The molecule has 1 nitrogen and oxygen atoms in total. The van der Waals surface area contributed by atoms with Gasteiger partial charge in [-0.15, -0.1) is 0 Å². The average molecular weight is 220 g/mol. The lowest BCUT2D eigenvalue weighted by Gasteiger charge is -2.06. The molecule has 1 heterocycles. The Morgan fingerprint density at radius 2 is 1.93 bits per heavy atom. The van der Waals surface area contributed by atoms with E-state index in [4.69, 9.17) is 4.74 Å². The van der Waals surface area contributed by atoms with Crippen LogP contribution >= 0.6 is 11.8 Å². The molecular formula is C9H7F3OS. The molecule has 0 amide bonds. The Bertz CT molecular complexity index is 354. The first-order valence-corrected chi connectivity index (χ1v) is 4.89. The fourth-order valence-corrected chi connectivity index (χ4v) is 2.08. The van der Waals surface area contributed by atoms with Gasteiger partial charge in [-0.05, 0) is 17.7 Å². The van der Waals surface area contributed by atoms with Gasteiger partial charge in [0.1, 0.15) is 5.82 Å². The highest BCUT2D eigenvalue weighted by Crippen LogP contribution is 2.35. The van der Waals surface area contributed by atoms with Gasteiger partial charge in [0.15, 0.2) is 0 Å². The highest BCUT2D eigenvalue weighted by Gasteiger charge is 2.21. The van der Waals surface area contributed by atoms with Crippen LogP contribution in [0.2, 0.25) is 0 Å². The molecule has 0 spiro atoms. The Kier molecular flexibility index (Phi) is 2.69. The second-order valence-electron chi connectivity index (χ2n) is 2.87. The largest absolute Gasteiger partial charge is 0.372 e. The van der Waals surface area contributed by atoms with Crippen molar-refractivity contribution in [2.45, 2.75) is 23.9 Å². The Balaban J connectivity index is 2.38. The van der Waals surface area contributed by atoms with Crippen molar-refractivity contribution in [2.75, 3.05) is 0 Å². The summed E-state index contributed by atoms with van der Waals surface area (Å²) in [6.07, 6.45) is 0. The minimum atomic E-state index is -2.48. The van der Waals surface area contributed by atoms with E-state index in [0.29, 0.717) is 27.8 Å². The highest BCUT2D eigenvalue weighted by atomic mass is 32.2. The van der Waals surface area contributed by atoms with Crippen molar-refractivity contribution >= 4 is 11.8 Å². The Labute approximate surface area is 83.3 Å². The maximum atomic E-state index is 13.1. The van der Waals surface area contributed by atoms with Crippen molar-refractivity contribution in [1.82, 2.24) is 0 Å². The lowest BCUT2D eigenvalue weighted by atomic mass is 10.1. The van der Waals surface area contributed by atoms with Crippen LogP contribution in [0.15, 0.2) is 17.0 Å². The van der Waals surface area contributed by atoms with Gasteiger partial charge in [0.25, 0.3) is 5.76 Å². The lowest BCUT2D eigenvalue weighted by molar-refractivity contribution is 0.132. The molecule has 1 aliphatic heterocycles. The number of alkyl halides is 2. The van der Waals surface area contributed by atoms with E-state index >= 15 is 0 Å². The third-order valence-corrected chi connectivity index (χ3v) is 2.85. The summed E-state index contributed by atoms with van der Waals surface area (Å²) in [4.78, 5) is 0.411. The number of fused-ring (bicyclic) bond motifs is 1. The fourth-order valence-electron chi connectivity index (χ4n) is 1.42. The van der Waals surface area contributed by atoms with Crippen LogP contribution in [0.1, 0.15) is 11.1 Å². The number of ether oxygens (including phenoxy) is 1. The van der Waals surface area contributed by atoms with Gasteiger partial charge in [0.05, 0.1) is 13.2 Å². The van der Waals surface area contributed by atoms with Crippen LogP contribution in [0.5, 0.6) is 0 Å². The zero-order valence-corrected chi connectivity index (χ0v) is 7.91. The van der Waals surface area contributed by atoms with Crippen LogP contribution in [0, 0.1) is 5.82 Å². The molecule has 0 atom stereocenters. The van der Waals surface area contributed by atoms with Crippen molar-refractivity contribution in [1.29, 1.82) is 0 Å². The molecule has 2 rings (SSSR count). The van der Waals surface area contributed by atoms with E-state index in [0.717, 1.165) is 0 Å². The monoisotopic (exact) mass is 220 g/mol. The van der Waals surface area contributed by atoms with Crippen molar-refractivity contribution in [3.63, 3.8) is 0 Å². The summed E-state index contributed by atoms with van der Waals surface area (Å²) in [5, 5.41) is 0. The maximum Gasteiger partial charge on any atom is 0.288 e. The third kappa shape index (κ3) is 1.74. The summed E-state index contributed by atoms with van der Waals surface area (Å²) < 4.78 is 42.4. The van der Waals surface area contributed by atoms with Gasteiger partial charge < -0.3 is 4.74 Å². The molecule has 0 radical (unpaired) electrons. The molecule has 0 N–H and O–H groups in total. The van der Waals surface area contributed by atoms with Crippen molar-refractivity contribution < 1.29 is 17.9 Å². The van der Waals surface area contributed by atoms with Gasteiger partial charge in [0.2, 0.25) is 0 Å². The first kappa shape index (κ1) is 9.86. The molecule has 0 fully saturated rings. The number of halogens is 3. The summed E-state index contributed by atoms with van der Waals surface area (Å²) in [5.74, 6) is -2.86. The van der Waals surface area contributed by atoms with Crippen LogP contribution < -0.4 is 0 Å². The molecule has 1 aliphatic rings. The predicted molar refractivity (Wildman–Crippen MR) is 46.8 cm³/mol. The van der Waals surface area contributed by atoms with Crippen LogP contribution in [-0.2, 0) is 18.0 Å². The summed E-state index contributed by atoms with van der Waals surface area (Å²) in [6, 6.07) is 2.58. The number of rotatable bonds is 2. The summed E-state index contributed by atoms with van der Waals surface area (Å²) in [7, 11) is 0. The average Bonchev–Trinajstić information content (AvgIpc) is 2.58. The standard InChI is InChI=1S/C9H7F3OS/c10-7-1-2-8(14-9(11)12)6-4-13-3-5(6)7/h1-2,9H,3-4H2. The molecule has 0 saturated heterocycles. The number of hydrogen-bond donors (Lipinski definition) is 0. The molecule has 76 valence electrons. The lowest BCUT2D eigenvalue weighted by Crippen LogP contribution is -1.93. The van der Waals surface area contributed by atoms with Gasteiger partial charge in [-0.1, -0.05) is 11.8 Å². The van der Waals surface area contributed by atoms with E-state index in [-0.39, 0.29) is 19.0 Å². The van der Waals surface area contributed by atoms with E-state index in [1.165, 1.54) is 12.1 Å². The minimum absolute atomic E-state index is 0.179. The molecule has 0 unspecified atom stereocenters. The summed E-state index contributed by atoms with van der Waals surface area (Å²) >= 11 is 0.432. The zero-order valence-electron chi connectivity index (χ0n) is 7.10. The molecular weight excluding hydrogens is 213 g/mol. The Morgan fingerprint density at radius 3 is 2.64 bits per heavy atom. The van der Waals surface area contributed by atoms with E-state index in [2.05, 4.69) is 0 Å². The quantitative estimate of drug-likeness (QED) is 0.708. The van der Waals surface area contributed by atoms with Gasteiger partial charge >= 0.3 is 0 Å². The fraction of sp³-hybridized carbons (Fsp3) is 0.333. The number of hydrogen-bond acceptors (Lipinski definition) is 2. The molecule has 1 aromatic rings. The van der Waals surface area contributed by atoms with E-state index in [1.807, 2.05) is 0 Å². The van der Waals surface area contributed by atoms with E-state index < -0.39 is 5.76 Å². The summed E-state index contributed by atoms with van der Waals surface area (Å²) in [5.41, 5.74) is 0.978. The molecule has 0 aromatic heterocycles. The third-order valence-electron chi connectivity index (χ3n) is 2.04.